The molecule has 0 saturated carbocycles. The van der Waals surface area contributed by atoms with Crippen LogP contribution in [0, 0.1) is 0 Å². The van der Waals surface area contributed by atoms with Gasteiger partial charge in [-0.2, -0.15) is 11.8 Å². The van der Waals surface area contributed by atoms with Crippen LogP contribution in [0.2, 0.25) is 0 Å². The summed E-state index contributed by atoms with van der Waals surface area (Å²) < 4.78 is 0. The van der Waals surface area contributed by atoms with Crippen LogP contribution < -0.4 is 0 Å². The third kappa shape index (κ3) is 5.89. The first-order valence-electron chi connectivity index (χ1n) is 3.58. The van der Waals surface area contributed by atoms with Gasteiger partial charge in [-0.25, -0.2) is 0 Å². The van der Waals surface area contributed by atoms with Crippen LogP contribution in [0.5, 0.6) is 0 Å². The van der Waals surface area contributed by atoms with Crippen molar-refractivity contribution in [3.8, 4) is 0 Å². The second-order valence-corrected chi connectivity index (χ2v) is 3.19. The molecule has 0 rings (SSSR count). The molecule has 0 aromatic carbocycles. The highest BCUT2D eigenvalue weighted by molar-refractivity contribution is 7.99. The van der Waals surface area contributed by atoms with E-state index in [2.05, 4.69) is 6.92 Å². The Labute approximate surface area is 66.9 Å². The topological polar surface area (TPSA) is 17.1 Å². The predicted octanol–water partition coefficient (Wildman–Crippen LogP) is 2.27. The summed E-state index contributed by atoms with van der Waals surface area (Å²) in [5, 5.41) is 0. The zero-order valence-electron chi connectivity index (χ0n) is 6.59. The number of hydrogen-bond donors (Lipinski definition) is 0. The minimum atomic E-state index is 0.230. The molecular weight excluding hydrogens is 144 g/mol. The molecule has 0 aromatic rings. The van der Waals surface area contributed by atoms with E-state index in [0.717, 1.165) is 12.2 Å². The Morgan fingerprint density at radius 2 is 2.20 bits per heavy atom. The van der Waals surface area contributed by atoms with Gasteiger partial charge in [0.15, 0.2) is 5.78 Å². The van der Waals surface area contributed by atoms with Gasteiger partial charge in [0.2, 0.25) is 0 Å². The molecule has 0 fully saturated rings. The highest BCUT2D eigenvalue weighted by Gasteiger charge is 1.92. The van der Waals surface area contributed by atoms with Crippen molar-refractivity contribution in [2.24, 2.45) is 0 Å². The van der Waals surface area contributed by atoms with Gasteiger partial charge in [0, 0.05) is 0 Å². The molecule has 0 amide bonds. The molecule has 0 aromatic heterocycles. The molecule has 0 atom stereocenters. The largest absolute Gasteiger partial charge is 0.294 e. The highest BCUT2D eigenvalue weighted by atomic mass is 32.2. The van der Waals surface area contributed by atoms with Crippen molar-refractivity contribution in [2.75, 3.05) is 11.5 Å². The van der Waals surface area contributed by atoms with E-state index >= 15 is 0 Å². The van der Waals surface area contributed by atoms with Crippen molar-refractivity contribution in [3.05, 3.63) is 12.2 Å². The van der Waals surface area contributed by atoms with Gasteiger partial charge in [-0.15, -0.1) is 0 Å². The number of thioether (sulfide) groups is 1. The lowest BCUT2D eigenvalue weighted by molar-refractivity contribution is -0.112. The summed E-state index contributed by atoms with van der Waals surface area (Å²) in [5.41, 5.74) is 0. The summed E-state index contributed by atoms with van der Waals surface area (Å²) in [6, 6.07) is 0. The van der Waals surface area contributed by atoms with Crippen LogP contribution in [0.1, 0.15) is 20.3 Å². The van der Waals surface area contributed by atoms with Crippen molar-refractivity contribution >= 4 is 17.5 Å². The van der Waals surface area contributed by atoms with Crippen LogP contribution in [-0.2, 0) is 4.79 Å². The fourth-order valence-electron chi connectivity index (χ4n) is 0.500. The Morgan fingerprint density at radius 1 is 1.50 bits per heavy atom. The van der Waals surface area contributed by atoms with E-state index in [1.54, 1.807) is 17.8 Å². The summed E-state index contributed by atoms with van der Waals surface area (Å²) in [6.45, 7) is 4.08. The number of hydrogen-bond acceptors (Lipinski definition) is 2. The minimum Gasteiger partial charge on any atom is -0.294 e. The summed E-state index contributed by atoms with van der Waals surface area (Å²) >= 11 is 1.67. The molecule has 0 radical (unpaired) electrons. The third-order valence-corrected chi connectivity index (χ3v) is 1.88. The smallest absolute Gasteiger partial charge is 0.165 e. The SMILES string of the molecule is CCC=CC(=O)CSCC. The van der Waals surface area contributed by atoms with E-state index in [1.165, 1.54) is 0 Å². The maximum absolute atomic E-state index is 10.9. The lowest BCUT2D eigenvalue weighted by Gasteiger charge is -1.90. The fraction of sp³-hybridized carbons (Fsp3) is 0.625. The van der Waals surface area contributed by atoms with E-state index in [4.69, 9.17) is 0 Å². The zero-order valence-corrected chi connectivity index (χ0v) is 7.41. The third-order valence-electron chi connectivity index (χ3n) is 0.988. The van der Waals surface area contributed by atoms with Crippen molar-refractivity contribution in [3.63, 3.8) is 0 Å². The molecular formula is C8H14OS. The van der Waals surface area contributed by atoms with Crippen LogP contribution in [0.25, 0.3) is 0 Å². The van der Waals surface area contributed by atoms with Crippen LogP contribution in [0.4, 0.5) is 0 Å². The van der Waals surface area contributed by atoms with Gasteiger partial charge in [0.05, 0.1) is 5.75 Å². The van der Waals surface area contributed by atoms with Crippen LogP contribution in [-0.4, -0.2) is 17.3 Å². The molecule has 0 aliphatic heterocycles. The van der Waals surface area contributed by atoms with Crippen LogP contribution in [0.15, 0.2) is 12.2 Å². The fourth-order valence-corrected chi connectivity index (χ4v) is 1.00. The first-order valence-corrected chi connectivity index (χ1v) is 4.73. The number of rotatable bonds is 5. The van der Waals surface area contributed by atoms with E-state index in [-0.39, 0.29) is 5.78 Å². The molecule has 0 heterocycles. The Kier molecular flexibility index (Phi) is 6.71. The highest BCUT2D eigenvalue weighted by Crippen LogP contribution is 1.98. The Morgan fingerprint density at radius 3 is 2.70 bits per heavy atom. The van der Waals surface area contributed by atoms with E-state index in [9.17, 15) is 4.79 Å². The van der Waals surface area contributed by atoms with Gasteiger partial charge >= 0.3 is 0 Å². The summed E-state index contributed by atoms with van der Waals surface area (Å²) in [7, 11) is 0. The number of ketones is 1. The normalized spacial score (nSPS) is 10.6. The summed E-state index contributed by atoms with van der Waals surface area (Å²) in [5.74, 6) is 1.88. The maximum Gasteiger partial charge on any atom is 0.165 e. The first-order chi connectivity index (χ1) is 4.81. The Balaban J connectivity index is 3.34. The monoisotopic (exact) mass is 158 g/mol. The molecule has 0 spiro atoms. The molecule has 0 unspecified atom stereocenters. The lowest BCUT2D eigenvalue weighted by atomic mass is 10.3. The van der Waals surface area contributed by atoms with Gasteiger partial charge in [-0.3, -0.25) is 4.79 Å². The van der Waals surface area contributed by atoms with Crippen molar-refractivity contribution in [1.29, 1.82) is 0 Å². The minimum absolute atomic E-state index is 0.230. The molecule has 0 saturated heterocycles. The molecule has 0 N–H and O–H groups in total. The maximum atomic E-state index is 10.9. The van der Waals surface area contributed by atoms with Gasteiger partial charge in [0.25, 0.3) is 0 Å². The zero-order chi connectivity index (χ0) is 7.82. The molecule has 1 nitrogen and oxygen atoms in total. The quantitative estimate of drug-likeness (QED) is 0.571. The molecule has 2 heteroatoms. The number of carbonyl (C=O) groups is 1. The average Bonchev–Trinajstić information content (AvgIpc) is 1.97. The van der Waals surface area contributed by atoms with Crippen molar-refractivity contribution < 1.29 is 4.79 Å². The van der Waals surface area contributed by atoms with Gasteiger partial charge in [0.1, 0.15) is 0 Å². The number of carbonyl (C=O) groups excluding carboxylic acids is 1. The average molecular weight is 158 g/mol. The van der Waals surface area contributed by atoms with Crippen molar-refractivity contribution in [2.45, 2.75) is 20.3 Å². The van der Waals surface area contributed by atoms with Crippen molar-refractivity contribution in [1.82, 2.24) is 0 Å². The van der Waals surface area contributed by atoms with Gasteiger partial charge in [-0.05, 0) is 18.2 Å². The number of allylic oxidation sites excluding steroid dienone is 2. The second kappa shape index (κ2) is 6.87. The van der Waals surface area contributed by atoms with Crippen LogP contribution in [0.3, 0.4) is 0 Å². The van der Waals surface area contributed by atoms with Crippen LogP contribution >= 0.6 is 11.8 Å². The van der Waals surface area contributed by atoms with E-state index in [1.807, 2.05) is 13.0 Å². The standard InChI is InChI=1S/C8H14OS/c1-3-5-6-8(9)7-10-4-2/h5-6H,3-4,7H2,1-2H3. The van der Waals surface area contributed by atoms with E-state index in [0.29, 0.717) is 5.75 Å². The molecule has 0 bridgehead atoms. The van der Waals surface area contributed by atoms with Gasteiger partial charge < -0.3 is 0 Å². The lowest BCUT2D eigenvalue weighted by Crippen LogP contribution is -1.95. The first kappa shape index (κ1) is 9.76. The molecule has 0 aliphatic rings. The Bertz CT molecular complexity index is 118. The van der Waals surface area contributed by atoms with E-state index < -0.39 is 0 Å². The summed E-state index contributed by atoms with van der Waals surface area (Å²) in [4.78, 5) is 10.9. The molecule has 0 aliphatic carbocycles. The Hall–Kier alpha value is -0.240. The molecule has 58 valence electrons. The second-order valence-electron chi connectivity index (χ2n) is 1.91. The predicted molar refractivity (Wildman–Crippen MR) is 47.4 cm³/mol. The molecule has 10 heavy (non-hydrogen) atoms. The summed E-state index contributed by atoms with van der Waals surface area (Å²) in [6.07, 6.45) is 4.52. The van der Waals surface area contributed by atoms with Gasteiger partial charge in [-0.1, -0.05) is 19.9 Å².